The van der Waals surface area contributed by atoms with E-state index in [1.54, 1.807) is 0 Å². The lowest BCUT2D eigenvalue weighted by Crippen LogP contribution is -2.45. The van der Waals surface area contributed by atoms with E-state index < -0.39 is 0 Å². The molecule has 0 radical (unpaired) electrons. The van der Waals surface area contributed by atoms with Gasteiger partial charge in [-0.3, -0.25) is 4.79 Å². The fraction of sp³-hybridized carbons (Fsp3) is 0.917. The number of hydrogen-bond donors (Lipinski definition) is 1. The standard InChI is InChI=1S/C12H24N2O2/c1-4-6-7-14(5-2)12(15)10-8-16-9-11(10)13-3/h10-11,13H,4-9H2,1-3H3. The summed E-state index contributed by atoms with van der Waals surface area (Å²) >= 11 is 0. The highest BCUT2D eigenvalue weighted by atomic mass is 16.5. The van der Waals surface area contributed by atoms with Gasteiger partial charge in [0.05, 0.1) is 19.1 Å². The number of rotatable bonds is 6. The van der Waals surface area contributed by atoms with E-state index in [2.05, 4.69) is 12.2 Å². The first-order valence-corrected chi connectivity index (χ1v) is 6.28. The first-order valence-electron chi connectivity index (χ1n) is 6.28. The molecule has 16 heavy (non-hydrogen) atoms. The average molecular weight is 228 g/mol. The van der Waals surface area contributed by atoms with Crippen LogP contribution in [-0.2, 0) is 9.53 Å². The number of ether oxygens (including phenoxy) is 1. The SMILES string of the molecule is CCCCN(CC)C(=O)C1COCC1NC. The van der Waals surface area contributed by atoms with Crippen LogP contribution in [-0.4, -0.2) is 50.2 Å². The van der Waals surface area contributed by atoms with Gasteiger partial charge in [-0.15, -0.1) is 0 Å². The van der Waals surface area contributed by atoms with E-state index in [9.17, 15) is 4.79 Å². The molecule has 1 saturated heterocycles. The first-order chi connectivity index (χ1) is 7.74. The minimum atomic E-state index is 0.00167. The molecule has 0 aliphatic carbocycles. The van der Waals surface area contributed by atoms with E-state index in [1.807, 2.05) is 18.9 Å². The number of likely N-dealkylation sites (N-methyl/N-ethyl adjacent to an activating group) is 1. The molecule has 1 heterocycles. The van der Waals surface area contributed by atoms with Crippen LogP contribution < -0.4 is 5.32 Å². The van der Waals surface area contributed by atoms with E-state index in [1.165, 1.54) is 0 Å². The molecule has 1 N–H and O–H groups in total. The van der Waals surface area contributed by atoms with Crippen LogP contribution in [0.5, 0.6) is 0 Å². The van der Waals surface area contributed by atoms with Crippen molar-refractivity contribution in [2.24, 2.45) is 5.92 Å². The summed E-state index contributed by atoms with van der Waals surface area (Å²) in [5, 5.41) is 3.16. The molecule has 0 saturated carbocycles. The highest BCUT2D eigenvalue weighted by Crippen LogP contribution is 2.16. The minimum absolute atomic E-state index is 0.00167. The second-order valence-corrected chi connectivity index (χ2v) is 4.31. The van der Waals surface area contributed by atoms with Crippen molar-refractivity contribution in [3.8, 4) is 0 Å². The molecule has 4 nitrogen and oxygen atoms in total. The molecule has 0 aromatic rings. The minimum Gasteiger partial charge on any atom is -0.379 e. The second-order valence-electron chi connectivity index (χ2n) is 4.31. The van der Waals surface area contributed by atoms with Crippen LogP contribution in [0.3, 0.4) is 0 Å². The van der Waals surface area contributed by atoms with Gasteiger partial charge in [0.25, 0.3) is 0 Å². The third-order valence-corrected chi connectivity index (χ3v) is 3.24. The lowest BCUT2D eigenvalue weighted by atomic mass is 10.0. The fourth-order valence-corrected chi connectivity index (χ4v) is 2.09. The predicted molar refractivity (Wildman–Crippen MR) is 64.3 cm³/mol. The fourth-order valence-electron chi connectivity index (χ4n) is 2.09. The molecule has 94 valence electrons. The Bertz CT molecular complexity index is 221. The maximum Gasteiger partial charge on any atom is 0.229 e. The molecular weight excluding hydrogens is 204 g/mol. The Morgan fingerprint density at radius 2 is 2.19 bits per heavy atom. The van der Waals surface area contributed by atoms with Gasteiger partial charge >= 0.3 is 0 Å². The molecule has 1 aliphatic rings. The summed E-state index contributed by atoms with van der Waals surface area (Å²) in [5.74, 6) is 0.245. The molecule has 1 amide bonds. The maximum atomic E-state index is 12.3. The number of amides is 1. The zero-order valence-corrected chi connectivity index (χ0v) is 10.7. The van der Waals surface area contributed by atoms with Gasteiger partial charge in [0.1, 0.15) is 0 Å². The van der Waals surface area contributed by atoms with Crippen molar-refractivity contribution in [3.63, 3.8) is 0 Å². The molecule has 0 aromatic carbocycles. The highest BCUT2D eigenvalue weighted by Gasteiger charge is 2.34. The molecule has 0 spiro atoms. The molecule has 1 rings (SSSR count). The lowest BCUT2D eigenvalue weighted by Gasteiger charge is -2.26. The zero-order chi connectivity index (χ0) is 12.0. The van der Waals surface area contributed by atoms with E-state index in [4.69, 9.17) is 4.74 Å². The van der Waals surface area contributed by atoms with Gasteiger partial charge in [-0.1, -0.05) is 13.3 Å². The number of nitrogens with one attached hydrogen (secondary N) is 1. The number of unbranched alkanes of at least 4 members (excludes halogenated alkanes) is 1. The van der Waals surface area contributed by atoms with Gasteiger partial charge in [0.2, 0.25) is 5.91 Å². The summed E-state index contributed by atoms with van der Waals surface area (Å²) in [5.41, 5.74) is 0. The van der Waals surface area contributed by atoms with Crippen molar-refractivity contribution in [2.45, 2.75) is 32.7 Å². The Labute approximate surface area is 98.3 Å². The molecule has 4 heteroatoms. The first kappa shape index (κ1) is 13.5. The molecule has 0 bridgehead atoms. The summed E-state index contributed by atoms with van der Waals surface area (Å²) in [6, 6.07) is 0.183. The highest BCUT2D eigenvalue weighted by molar-refractivity contribution is 5.80. The van der Waals surface area contributed by atoms with Crippen molar-refractivity contribution < 1.29 is 9.53 Å². The van der Waals surface area contributed by atoms with Gasteiger partial charge in [0.15, 0.2) is 0 Å². The van der Waals surface area contributed by atoms with Gasteiger partial charge in [-0.05, 0) is 20.4 Å². The smallest absolute Gasteiger partial charge is 0.229 e. The van der Waals surface area contributed by atoms with Crippen LogP contribution in [0.25, 0.3) is 0 Å². The second kappa shape index (κ2) is 6.86. The predicted octanol–water partition coefficient (Wildman–Crippen LogP) is 0.869. The topological polar surface area (TPSA) is 41.6 Å². The van der Waals surface area contributed by atoms with Crippen LogP contribution in [0.4, 0.5) is 0 Å². The summed E-state index contributed by atoms with van der Waals surface area (Å²) in [4.78, 5) is 14.2. The number of nitrogens with zero attached hydrogens (tertiary/aromatic N) is 1. The van der Waals surface area contributed by atoms with Gasteiger partial charge in [-0.25, -0.2) is 0 Å². The number of hydrogen-bond acceptors (Lipinski definition) is 3. The largest absolute Gasteiger partial charge is 0.379 e. The summed E-state index contributed by atoms with van der Waals surface area (Å²) in [6.07, 6.45) is 2.21. The van der Waals surface area contributed by atoms with Gasteiger partial charge in [0, 0.05) is 19.1 Å². The zero-order valence-electron chi connectivity index (χ0n) is 10.7. The molecule has 2 atom stereocenters. The van der Waals surface area contributed by atoms with Crippen molar-refractivity contribution in [1.82, 2.24) is 10.2 Å². The molecule has 1 fully saturated rings. The van der Waals surface area contributed by atoms with Crippen LogP contribution in [0, 0.1) is 5.92 Å². The van der Waals surface area contributed by atoms with Crippen LogP contribution >= 0.6 is 0 Å². The third kappa shape index (κ3) is 3.19. The van der Waals surface area contributed by atoms with E-state index in [0.29, 0.717) is 13.2 Å². The molecular formula is C12H24N2O2. The molecule has 1 aliphatic heterocycles. The number of carbonyl (C=O) groups excluding carboxylic acids is 1. The number of carbonyl (C=O) groups is 1. The third-order valence-electron chi connectivity index (χ3n) is 3.24. The van der Waals surface area contributed by atoms with E-state index >= 15 is 0 Å². The van der Waals surface area contributed by atoms with Crippen molar-refractivity contribution >= 4 is 5.91 Å². The van der Waals surface area contributed by atoms with Crippen LogP contribution in [0.1, 0.15) is 26.7 Å². The summed E-state index contributed by atoms with van der Waals surface area (Å²) in [7, 11) is 1.89. The Morgan fingerprint density at radius 3 is 2.75 bits per heavy atom. The van der Waals surface area contributed by atoms with E-state index in [0.717, 1.165) is 25.9 Å². The van der Waals surface area contributed by atoms with Crippen molar-refractivity contribution in [2.75, 3.05) is 33.4 Å². The van der Waals surface area contributed by atoms with Crippen molar-refractivity contribution in [1.29, 1.82) is 0 Å². The monoisotopic (exact) mass is 228 g/mol. The summed E-state index contributed by atoms with van der Waals surface area (Å²) < 4.78 is 5.37. The Hall–Kier alpha value is -0.610. The molecule has 2 unspecified atom stereocenters. The Balaban J connectivity index is 2.52. The Morgan fingerprint density at radius 1 is 1.44 bits per heavy atom. The Kier molecular flexibility index (Phi) is 5.77. The van der Waals surface area contributed by atoms with Crippen LogP contribution in [0.2, 0.25) is 0 Å². The quantitative estimate of drug-likeness (QED) is 0.733. The average Bonchev–Trinajstić information content (AvgIpc) is 2.77. The van der Waals surface area contributed by atoms with Gasteiger partial charge in [-0.2, -0.15) is 0 Å². The lowest BCUT2D eigenvalue weighted by molar-refractivity contribution is -0.135. The maximum absolute atomic E-state index is 12.3. The van der Waals surface area contributed by atoms with Crippen molar-refractivity contribution in [3.05, 3.63) is 0 Å². The summed E-state index contributed by atoms with van der Waals surface area (Å²) in [6.45, 7) is 7.07. The normalized spacial score (nSPS) is 24.7. The van der Waals surface area contributed by atoms with Gasteiger partial charge < -0.3 is 15.0 Å². The van der Waals surface area contributed by atoms with Crippen LogP contribution in [0.15, 0.2) is 0 Å². The molecule has 0 aromatic heterocycles. The van der Waals surface area contributed by atoms with E-state index in [-0.39, 0.29) is 17.9 Å².